The lowest BCUT2D eigenvalue weighted by Gasteiger charge is -2.04. The van der Waals surface area contributed by atoms with Crippen LogP contribution in [0.2, 0.25) is 0 Å². The molecule has 0 N–H and O–H groups in total. The van der Waals surface area contributed by atoms with Crippen LogP contribution in [0.3, 0.4) is 0 Å². The first-order valence-electron chi connectivity index (χ1n) is 5.89. The van der Waals surface area contributed by atoms with Crippen molar-refractivity contribution in [3.8, 4) is 0 Å². The van der Waals surface area contributed by atoms with Crippen molar-refractivity contribution in [2.24, 2.45) is 0 Å². The molecule has 0 amide bonds. The molecule has 0 heterocycles. The van der Waals surface area contributed by atoms with E-state index in [0.717, 1.165) is 12.2 Å². The van der Waals surface area contributed by atoms with Gasteiger partial charge in [-0.05, 0) is 39.2 Å². The van der Waals surface area contributed by atoms with E-state index < -0.39 is 16.9 Å². The largest absolute Gasteiger partial charge is 0.466 e. The van der Waals surface area contributed by atoms with Crippen molar-refractivity contribution in [2.45, 2.75) is 0 Å². The Morgan fingerprint density at radius 3 is 1.82 bits per heavy atom. The highest BCUT2D eigenvalue weighted by Crippen LogP contribution is 2.29. The van der Waals surface area contributed by atoms with Gasteiger partial charge in [0.2, 0.25) is 0 Å². The van der Waals surface area contributed by atoms with E-state index >= 15 is 0 Å². The fraction of sp³-hybridized carbons (Fsp3) is 0.143. The minimum Gasteiger partial charge on any atom is -0.466 e. The third-order valence-corrected chi connectivity index (χ3v) is 3.44. The van der Waals surface area contributed by atoms with Crippen molar-refractivity contribution in [1.29, 1.82) is 0 Å². The standard InChI is InChI=1S/C14H12BrNO6/c1-21-12(17)5-3-9-7-11(16(19)20)8-10(14(9)15)4-6-13(18)22-2/h3-8H,1-2H3/b5-3+,6-4+. The summed E-state index contributed by atoms with van der Waals surface area (Å²) in [7, 11) is 2.44. The lowest BCUT2D eigenvalue weighted by atomic mass is 10.1. The average molecular weight is 370 g/mol. The quantitative estimate of drug-likeness (QED) is 0.342. The minimum atomic E-state index is -0.593. The van der Waals surface area contributed by atoms with Crippen molar-refractivity contribution >= 4 is 45.7 Å². The molecule has 0 spiro atoms. The number of esters is 2. The zero-order valence-corrected chi connectivity index (χ0v) is 13.3. The van der Waals surface area contributed by atoms with Crippen LogP contribution in [0.4, 0.5) is 5.69 Å². The molecule has 0 aliphatic heterocycles. The molecule has 0 atom stereocenters. The molecule has 0 fully saturated rings. The predicted octanol–water partition coefficient (Wildman–Crippen LogP) is 2.73. The minimum absolute atomic E-state index is 0.183. The van der Waals surface area contributed by atoms with Gasteiger partial charge in [-0.25, -0.2) is 9.59 Å². The van der Waals surface area contributed by atoms with Crippen LogP contribution in [-0.4, -0.2) is 31.1 Å². The maximum atomic E-state index is 11.1. The van der Waals surface area contributed by atoms with Crippen LogP contribution in [0.15, 0.2) is 28.8 Å². The van der Waals surface area contributed by atoms with Crippen LogP contribution in [0.25, 0.3) is 12.2 Å². The molecular weight excluding hydrogens is 358 g/mol. The summed E-state index contributed by atoms with van der Waals surface area (Å²) in [4.78, 5) is 32.6. The van der Waals surface area contributed by atoms with Crippen LogP contribution in [0.5, 0.6) is 0 Å². The number of hydrogen-bond donors (Lipinski definition) is 0. The van der Waals surface area contributed by atoms with Crippen LogP contribution < -0.4 is 0 Å². The Balaban J connectivity index is 3.32. The smallest absolute Gasteiger partial charge is 0.330 e. The van der Waals surface area contributed by atoms with Crippen molar-refractivity contribution in [3.05, 3.63) is 50.0 Å². The Kier molecular flexibility index (Phi) is 6.46. The van der Waals surface area contributed by atoms with Crippen molar-refractivity contribution in [1.82, 2.24) is 0 Å². The Hall–Kier alpha value is -2.48. The Bertz CT molecular complexity index is 618. The number of rotatable bonds is 5. The Labute approximate surface area is 134 Å². The second-order valence-electron chi connectivity index (χ2n) is 3.91. The molecule has 0 saturated heterocycles. The number of non-ortho nitro benzene ring substituents is 1. The van der Waals surface area contributed by atoms with E-state index in [1.165, 1.54) is 38.5 Å². The van der Waals surface area contributed by atoms with Crippen molar-refractivity contribution in [3.63, 3.8) is 0 Å². The number of hydrogen-bond acceptors (Lipinski definition) is 6. The van der Waals surface area contributed by atoms with E-state index in [1.54, 1.807) is 0 Å². The first kappa shape index (κ1) is 17.6. The number of nitro benzene ring substituents is 1. The molecule has 8 heteroatoms. The number of halogens is 1. The molecule has 0 unspecified atom stereocenters. The molecule has 1 aromatic carbocycles. The van der Waals surface area contributed by atoms with Gasteiger partial charge >= 0.3 is 11.9 Å². The lowest BCUT2D eigenvalue weighted by molar-refractivity contribution is -0.384. The van der Waals surface area contributed by atoms with E-state index in [4.69, 9.17) is 0 Å². The molecule has 0 aromatic heterocycles. The molecule has 7 nitrogen and oxygen atoms in total. The third-order valence-electron chi connectivity index (χ3n) is 2.52. The Morgan fingerprint density at radius 2 is 1.50 bits per heavy atom. The van der Waals surface area contributed by atoms with Gasteiger partial charge in [0.05, 0.1) is 19.1 Å². The summed E-state index contributed by atoms with van der Waals surface area (Å²) in [5.41, 5.74) is 0.602. The van der Waals surface area contributed by atoms with Crippen LogP contribution in [0, 0.1) is 10.1 Å². The number of carbonyl (C=O) groups is 2. The molecular formula is C14H12BrNO6. The number of carbonyl (C=O) groups excluding carboxylic acids is 2. The first-order valence-corrected chi connectivity index (χ1v) is 6.68. The van der Waals surface area contributed by atoms with E-state index in [1.807, 2.05) is 0 Å². The molecule has 1 rings (SSSR count). The highest BCUT2D eigenvalue weighted by atomic mass is 79.9. The second kappa shape index (κ2) is 8.08. The van der Waals surface area contributed by atoms with E-state index in [2.05, 4.69) is 25.4 Å². The SMILES string of the molecule is COC(=O)/C=C/c1cc([N+](=O)[O-])cc(/C=C/C(=O)OC)c1Br. The van der Waals surface area contributed by atoms with E-state index in [9.17, 15) is 19.7 Å². The highest BCUT2D eigenvalue weighted by molar-refractivity contribution is 9.10. The van der Waals surface area contributed by atoms with Gasteiger partial charge in [0.25, 0.3) is 5.69 Å². The normalized spacial score (nSPS) is 10.9. The fourth-order valence-corrected chi connectivity index (χ4v) is 1.95. The van der Waals surface area contributed by atoms with Crippen LogP contribution in [0.1, 0.15) is 11.1 Å². The maximum absolute atomic E-state index is 11.1. The molecule has 0 bridgehead atoms. The van der Waals surface area contributed by atoms with Gasteiger partial charge in [-0.2, -0.15) is 0 Å². The van der Waals surface area contributed by atoms with Gasteiger partial charge in [-0.1, -0.05) is 0 Å². The number of nitrogens with zero attached hydrogens (tertiary/aromatic N) is 1. The summed E-state index contributed by atoms with van der Waals surface area (Å²) in [5.74, 6) is -1.19. The number of nitro groups is 1. The zero-order chi connectivity index (χ0) is 16.7. The molecule has 116 valence electrons. The summed E-state index contributed by atoms with van der Waals surface area (Å²) >= 11 is 3.28. The monoisotopic (exact) mass is 369 g/mol. The molecule has 0 saturated carbocycles. The van der Waals surface area contributed by atoms with Crippen molar-refractivity contribution < 1.29 is 24.0 Å². The summed E-state index contributed by atoms with van der Waals surface area (Å²) < 4.78 is 9.41. The fourth-order valence-electron chi connectivity index (χ4n) is 1.45. The summed E-state index contributed by atoms with van der Waals surface area (Å²) in [6.45, 7) is 0. The zero-order valence-electron chi connectivity index (χ0n) is 11.7. The van der Waals surface area contributed by atoms with Gasteiger partial charge < -0.3 is 9.47 Å². The van der Waals surface area contributed by atoms with Gasteiger partial charge in [-0.3, -0.25) is 10.1 Å². The second-order valence-corrected chi connectivity index (χ2v) is 4.70. The van der Waals surface area contributed by atoms with Gasteiger partial charge in [0.1, 0.15) is 0 Å². The molecule has 0 aliphatic carbocycles. The third kappa shape index (κ3) is 4.81. The van der Waals surface area contributed by atoms with Crippen LogP contribution in [-0.2, 0) is 19.1 Å². The van der Waals surface area contributed by atoms with Gasteiger partial charge in [0.15, 0.2) is 0 Å². The summed E-state index contributed by atoms with van der Waals surface area (Å²) in [6, 6.07) is 2.58. The highest BCUT2D eigenvalue weighted by Gasteiger charge is 2.13. The van der Waals surface area contributed by atoms with Gasteiger partial charge in [0, 0.05) is 28.8 Å². The summed E-state index contributed by atoms with van der Waals surface area (Å²) in [6.07, 6.45) is 5.02. The molecule has 0 aliphatic rings. The Morgan fingerprint density at radius 1 is 1.09 bits per heavy atom. The molecule has 0 radical (unpaired) electrons. The molecule has 1 aromatic rings. The molecule has 22 heavy (non-hydrogen) atoms. The number of ether oxygens (including phenoxy) is 2. The first-order chi connectivity index (χ1) is 10.4. The number of methoxy groups -OCH3 is 2. The van der Waals surface area contributed by atoms with E-state index in [0.29, 0.717) is 15.6 Å². The van der Waals surface area contributed by atoms with E-state index in [-0.39, 0.29) is 5.69 Å². The predicted molar refractivity (Wildman–Crippen MR) is 82.9 cm³/mol. The van der Waals surface area contributed by atoms with Gasteiger partial charge in [-0.15, -0.1) is 0 Å². The lowest BCUT2D eigenvalue weighted by Crippen LogP contribution is -1.96. The van der Waals surface area contributed by atoms with Crippen molar-refractivity contribution in [2.75, 3.05) is 14.2 Å². The maximum Gasteiger partial charge on any atom is 0.330 e. The average Bonchev–Trinajstić information content (AvgIpc) is 2.51. The van der Waals surface area contributed by atoms with Crippen LogP contribution >= 0.6 is 15.9 Å². The topological polar surface area (TPSA) is 95.7 Å². The number of benzene rings is 1. The summed E-state index contributed by atoms with van der Waals surface area (Å²) in [5, 5.41) is 11.0.